The average Bonchev–Trinajstić information content (AvgIpc) is 2.89. The first-order chi connectivity index (χ1) is 17.8. The second kappa shape index (κ2) is 11.4. The van der Waals surface area contributed by atoms with E-state index >= 15 is 0 Å². The number of nitrogens with zero attached hydrogens (tertiary/aromatic N) is 5. The highest BCUT2D eigenvalue weighted by molar-refractivity contribution is 5.96. The van der Waals surface area contributed by atoms with Gasteiger partial charge in [0.25, 0.3) is 17.3 Å². The maximum atomic E-state index is 12.5. The summed E-state index contributed by atoms with van der Waals surface area (Å²) in [7, 11) is 0. The average molecular weight is 509 g/mol. The fraction of sp³-hybridized carbons (Fsp3) is 0.462. The molecular formula is C26H32N6O5. The van der Waals surface area contributed by atoms with Gasteiger partial charge < -0.3 is 9.80 Å². The van der Waals surface area contributed by atoms with E-state index in [-0.39, 0.29) is 33.9 Å². The number of hydrogen-bond acceptors (Lipinski definition) is 8. The topological polar surface area (TPSA) is 134 Å². The first-order valence-electron chi connectivity index (χ1n) is 12.7. The molecule has 11 heteroatoms. The van der Waals surface area contributed by atoms with E-state index in [1.807, 2.05) is 6.07 Å². The number of piperidine rings is 2. The summed E-state index contributed by atoms with van der Waals surface area (Å²) in [5.74, 6) is -0.535. The molecule has 0 radical (unpaired) electrons. The van der Waals surface area contributed by atoms with Gasteiger partial charge in [-0.15, -0.1) is 0 Å². The van der Waals surface area contributed by atoms with Crippen LogP contribution in [0.1, 0.15) is 68.3 Å². The maximum Gasteiger partial charge on any atom is 0.293 e. The molecule has 1 N–H and O–H groups in total. The predicted octanol–water partition coefficient (Wildman–Crippen LogP) is 5.02. The Labute approximate surface area is 215 Å². The van der Waals surface area contributed by atoms with Crippen LogP contribution in [-0.2, 0) is 0 Å². The minimum atomic E-state index is -0.538. The molecule has 196 valence electrons. The minimum absolute atomic E-state index is 0.0188. The number of amides is 1. The number of hydrazone groups is 1. The molecular weight excluding hydrogens is 476 g/mol. The number of carbonyl (C=O) groups excluding carboxylic acids is 1. The third kappa shape index (κ3) is 5.87. The van der Waals surface area contributed by atoms with Crippen LogP contribution < -0.4 is 15.2 Å². The number of carbonyl (C=O) groups is 1. The van der Waals surface area contributed by atoms with Gasteiger partial charge in [0.2, 0.25) is 0 Å². The van der Waals surface area contributed by atoms with Gasteiger partial charge in [0, 0.05) is 60.2 Å². The van der Waals surface area contributed by atoms with Gasteiger partial charge in [-0.3, -0.25) is 25.0 Å². The first kappa shape index (κ1) is 26.1. The lowest BCUT2D eigenvalue weighted by Gasteiger charge is -2.39. The van der Waals surface area contributed by atoms with E-state index < -0.39 is 10.8 Å². The van der Waals surface area contributed by atoms with Crippen LogP contribution in [0.4, 0.5) is 22.7 Å². The van der Waals surface area contributed by atoms with Gasteiger partial charge in [-0.2, -0.15) is 5.10 Å². The number of non-ortho nitro benzene ring substituents is 1. The summed E-state index contributed by atoms with van der Waals surface area (Å²) in [6, 6.07) is 9.14. The molecule has 0 aromatic heterocycles. The number of benzene rings is 2. The van der Waals surface area contributed by atoms with Gasteiger partial charge in [0.05, 0.1) is 16.1 Å². The Morgan fingerprint density at radius 2 is 1.51 bits per heavy atom. The van der Waals surface area contributed by atoms with Gasteiger partial charge in [0.1, 0.15) is 5.69 Å². The summed E-state index contributed by atoms with van der Waals surface area (Å²) in [6.07, 6.45) is 7.73. The van der Waals surface area contributed by atoms with Crippen LogP contribution in [0.2, 0.25) is 0 Å². The highest BCUT2D eigenvalue weighted by Gasteiger charge is 2.30. The molecule has 2 heterocycles. The molecule has 2 aromatic rings. The minimum Gasteiger partial charge on any atom is -0.368 e. The Balaban J connectivity index is 1.67. The normalized spacial score (nSPS) is 20.2. The van der Waals surface area contributed by atoms with Gasteiger partial charge in [-0.1, -0.05) is 0 Å². The summed E-state index contributed by atoms with van der Waals surface area (Å²) in [6.45, 7) is 5.87. The lowest BCUT2D eigenvalue weighted by atomic mass is 9.98. The molecule has 2 atom stereocenters. The van der Waals surface area contributed by atoms with Crippen LogP contribution >= 0.6 is 0 Å². The molecule has 2 fully saturated rings. The standard InChI is InChI=1S/C26H32N6O5/c1-18-7-3-5-13-29(18)23-16-24(30-14-6-4-8-19(30)2)25(32(36)37)15-21(23)17-27-28-26(33)20-9-11-22(12-10-20)31(34)35/h9-12,15-19H,3-8,13-14H2,1-2H3,(H,28,33)/b27-17+/t18-,19-/m0/s1. The molecule has 2 saturated heterocycles. The molecule has 11 nitrogen and oxygen atoms in total. The number of nitro groups is 2. The van der Waals surface area contributed by atoms with Gasteiger partial charge in [-0.25, -0.2) is 5.43 Å². The van der Waals surface area contributed by atoms with E-state index in [9.17, 15) is 25.0 Å². The molecule has 0 saturated carbocycles. The second-order valence-corrected chi connectivity index (χ2v) is 9.74. The molecule has 4 rings (SSSR count). The van der Waals surface area contributed by atoms with Crippen molar-refractivity contribution in [3.63, 3.8) is 0 Å². The fourth-order valence-electron chi connectivity index (χ4n) is 5.18. The quantitative estimate of drug-likeness (QED) is 0.315. The highest BCUT2D eigenvalue weighted by Crippen LogP contribution is 2.39. The van der Waals surface area contributed by atoms with Crippen LogP contribution in [0.5, 0.6) is 0 Å². The largest absolute Gasteiger partial charge is 0.368 e. The van der Waals surface area contributed by atoms with Crippen molar-refractivity contribution in [2.75, 3.05) is 22.9 Å². The van der Waals surface area contributed by atoms with Crippen LogP contribution in [0.3, 0.4) is 0 Å². The van der Waals surface area contributed by atoms with Crippen molar-refractivity contribution in [3.05, 3.63) is 67.8 Å². The Bertz CT molecular complexity index is 1200. The van der Waals surface area contributed by atoms with Gasteiger partial charge >= 0.3 is 0 Å². The monoisotopic (exact) mass is 508 g/mol. The van der Waals surface area contributed by atoms with Crippen molar-refractivity contribution in [1.29, 1.82) is 0 Å². The van der Waals surface area contributed by atoms with Crippen LogP contribution in [0.15, 0.2) is 41.5 Å². The van der Waals surface area contributed by atoms with E-state index in [4.69, 9.17) is 0 Å². The molecule has 2 aromatic carbocycles. The number of rotatable bonds is 7. The highest BCUT2D eigenvalue weighted by atomic mass is 16.6. The molecule has 0 aliphatic carbocycles. The van der Waals surface area contributed by atoms with Crippen molar-refractivity contribution in [2.45, 2.75) is 64.5 Å². The zero-order chi connectivity index (χ0) is 26.5. The van der Waals surface area contributed by atoms with Crippen LogP contribution in [-0.4, -0.2) is 47.1 Å². The zero-order valence-electron chi connectivity index (χ0n) is 21.1. The number of anilines is 2. The van der Waals surface area contributed by atoms with Gasteiger partial charge in [-0.05, 0) is 70.6 Å². The van der Waals surface area contributed by atoms with E-state index in [1.54, 1.807) is 6.07 Å². The molecule has 2 aliphatic rings. The summed E-state index contributed by atoms with van der Waals surface area (Å²) in [5, 5.41) is 27.1. The SMILES string of the molecule is C[C@H]1CCCCN1c1cc(N2CCCC[C@@H]2C)c([N+](=O)[O-])cc1/C=N/NC(=O)c1ccc([N+](=O)[O-])cc1. The third-order valence-corrected chi connectivity index (χ3v) is 7.26. The molecule has 0 bridgehead atoms. The number of hydrogen-bond donors (Lipinski definition) is 1. The van der Waals surface area contributed by atoms with Crippen molar-refractivity contribution in [2.24, 2.45) is 5.10 Å². The smallest absolute Gasteiger partial charge is 0.293 e. The summed E-state index contributed by atoms with van der Waals surface area (Å²) in [4.78, 5) is 39.0. The van der Waals surface area contributed by atoms with Crippen molar-refractivity contribution in [1.82, 2.24) is 5.43 Å². The van der Waals surface area contributed by atoms with Crippen molar-refractivity contribution < 1.29 is 14.6 Å². The first-order valence-corrected chi connectivity index (χ1v) is 12.7. The number of nitro benzene ring substituents is 2. The van der Waals surface area contributed by atoms with Gasteiger partial charge in [0.15, 0.2) is 0 Å². The van der Waals surface area contributed by atoms with E-state index in [0.717, 1.165) is 57.3 Å². The summed E-state index contributed by atoms with van der Waals surface area (Å²) < 4.78 is 0. The van der Waals surface area contributed by atoms with Crippen molar-refractivity contribution >= 4 is 34.9 Å². The lowest BCUT2D eigenvalue weighted by Crippen LogP contribution is -2.40. The molecule has 1 amide bonds. The van der Waals surface area contributed by atoms with E-state index in [1.165, 1.54) is 30.5 Å². The van der Waals surface area contributed by atoms with E-state index in [2.05, 4.69) is 34.2 Å². The van der Waals surface area contributed by atoms with Crippen molar-refractivity contribution in [3.8, 4) is 0 Å². The van der Waals surface area contributed by atoms with Crippen LogP contribution in [0, 0.1) is 20.2 Å². The predicted molar refractivity (Wildman–Crippen MR) is 143 cm³/mol. The number of nitrogens with one attached hydrogen (secondary N) is 1. The van der Waals surface area contributed by atoms with Crippen LogP contribution in [0.25, 0.3) is 0 Å². The third-order valence-electron chi connectivity index (χ3n) is 7.26. The maximum absolute atomic E-state index is 12.5. The molecule has 2 aliphatic heterocycles. The fourth-order valence-corrected chi connectivity index (χ4v) is 5.18. The Morgan fingerprint density at radius 3 is 2.05 bits per heavy atom. The summed E-state index contributed by atoms with van der Waals surface area (Å²) >= 11 is 0. The Hall–Kier alpha value is -4.02. The molecule has 0 spiro atoms. The molecule has 37 heavy (non-hydrogen) atoms. The zero-order valence-corrected chi connectivity index (χ0v) is 21.1. The Kier molecular flexibility index (Phi) is 8.00. The second-order valence-electron chi connectivity index (χ2n) is 9.74. The van der Waals surface area contributed by atoms with E-state index in [0.29, 0.717) is 11.3 Å². The Morgan fingerprint density at radius 1 is 0.919 bits per heavy atom. The summed E-state index contributed by atoms with van der Waals surface area (Å²) in [5.41, 5.74) is 4.59. The molecule has 0 unspecified atom stereocenters. The lowest BCUT2D eigenvalue weighted by molar-refractivity contribution is -0.384.